The minimum absolute atomic E-state index is 0.610. The van der Waals surface area contributed by atoms with Gasteiger partial charge in [0.15, 0.2) is 0 Å². The Morgan fingerprint density at radius 2 is 1.56 bits per heavy atom. The maximum absolute atomic E-state index is 4.56. The molecule has 0 bridgehead atoms. The van der Waals surface area contributed by atoms with Crippen LogP contribution in [0.2, 0.25) is 0 Å². The zero-order valence-electron chi connectivity index (χ0n) is 16.0. The Morgan fingerprint density at radius 1 is 1.00 bits per heavy atom. The molecule has 0 unspecified atom stereocenters. The Bertz CT molecular complexity index is 581. The van der Waals surface area contributed by atoms with Crippen molar-refractivity contribution in [2.24, 2.45) is 10.2 Å². The monoisotopic (exact) mass is 457 g/mol. The van der Waals surface area contributed by atoms with Crippen LogP contribution in [0.1, 0.15) is 76.8 Å². The number of aromatic nitrogens is 1. The van der Waals surface area contributed by atoms with Crippen molar-refractivity contribution in [1.29, 1.82) is 0 Å². The molecule has 1 aromatic rings. The van der Waals surface area contributed by atoms with Crippen LogP contribution < -0.4 is 0 Å². The number of rotatable bonds is 4. The first-order chi connectivity index (χ1) is 13.3. The minimum atomic E-state index is 0.610. The Hall–Kier alpha value is -0.551. The van der Waals surface area contributed by atoms with Crippen molar-refractivity contribution in [1.82, 2.24) is 9.88 Å². The fraction of sp³-hybridized carbons (Fsp3) is 0.650. The van der Waals surface area contributed by atoms with E-state index in [2.05, 4.69) is 57.9 Å². The van der Waals surface area contributed by atoms with Crippen molar-refractivity contribution in [2.45, 2.75) is 83.2 Å². The normalized spacial score (nSPS) is 20.0. The van der Waals surface area contributed by atoms with E-state index < -0.39 is 0 Å². The van der Waals surface area contributed by atoms with Gasteiger partial charge in [0.25, 0.3) is 0 Å². The van der Waals surface area contributed by atoms with Crippen LogP contribution in [-0.2, 0) is 27.7 Å². The molecular weight excluding hydrogens is 427 g/mol. The van der Waals surface area contributed by atoms with Crippen molar-refractivity contribution in [3.05, 3.63) is 30.1 Å². The summed E-state index contributed by atoms with van der Waals surface area (Å²) in [7, 11) is 4.20. The molecule has 1 heterocycles. The quantitative estimate of drug-likeness (QED) is 0.213. The van der Waals surface area contributed by atoms with Gasteiger partial charge >= 0.3 is 30.4 Å². The van der Waals surface area contributed by atoms with Gasteiger partial charge in [0.05, 0.1) is 11.4 Å². The van der Waals surface area contributed by atoms with Gasteiger partial charge in [-0.2, -0.15) is 0 Å². The number of amidine groups is 1. The molecule has 7 heteroatoms. The molecule has 0 amide bonds. The SMILES string of the molecule is CC(=NN=C([SH2+])N(C1CCCCC1)C1CCCCC1)c1ccccn1.[Cl][Cu+]. The summed E-state index contributed by atoms with van der Waals surface area (Å²) in [5.74, 6) is 0. The van der Waals surface area contributed by atoms with E-state index in [0.717, 1.165) is 16.6 Å². The molecule has 2 saturated carbocycles. The second-order valence-corrected chi connectivity index (χ2v) is 7.76. The van der Waals surface area contributed by atoms with Crippen molar-refractivity contribution in [3.63, 3.8) is 0 Å². The standard InChI is InChI=1S/C20H30N4S.ClH.Cu/c1-16(19-14-8-9-15-21-19)22-23-20(25)24(17-10-4-2-5-11-17)18-12-6-3-7-13-18;;/h8-9,14-15,17-18H,2-7,10-13H2,1H3,(H,23,25);1H;/q;;+2. The molecule has 27 heavy (non-hydrogen) atoms. The second-order valence-electron chi connectivity index (χ2n) is 7.31. The summed E-state index contributed by atoms with van der Waals surface area (Å²) < 4.78 is 0. The molecule has 2 aliphatic rings. The third kappa shape index (κ3) is 7.08. The molecule has 0 spiro atoms. The van der Waals surface area contributed by atoms with Crippen molar-refractivity contribution in [2.75, 3.05) is 0 Å². The van der Waals surface area contributed by atoms with Crippen LogP contribution in [0.5, 0.6) is 0 Å². The van der Waals surface area contributed by atoms with E-state index in [0.29, 0.717) is 12.1 Å². The van der Waals surface area contributed by atoms with Gasteiger partial charge in [-0.25, -0.2) is 0 Å². The van der Waals surface area contributed by atoms with E-state index in [9.17, 15) is 0 Å². The van der Waals surface area contributed by atoms with E-state index in [1.165, 1.54) is 64.2 Å². The fourth-order valence-corrected chi connectivity index (χ4v) is 4.58. The maximum atomic E-state index is 4.56. The molecule has 0 N–H and O–H groups in total. The third-order valence-corrected chi connectivity index (χ3v) is 5.87. The van der Waals surface area contributed by atoms with E-state index in [1.54, 1.807) is 6.20 Å². The molecule has 0 radical (unpaired) electrons. The fourth-order valence-electron chi connectivity index (χ4n) is 4.16. The molecule has 0 aromatic carbocycles. The Labute approximate surface area is 181 Å². The van der Waals surface area contributed by atoms with Gasteiger partial charge in [-0.15, -0.1) is 5.10 Å². The predicted molar refractivity (Wildman–Crippen MR) is 115 cm³/mol. The van der Waals surface area contributed by atoms with Crippen LogP contribution in [0, 0.1) is 0 Å². The van der Waals surface area contributed by atoms with Crippen LogP contribution >= 0.6 is 10.1 Å². The summed E-state index contributed by atoms with van der Waals surface area (Å²) in [6, 6.07) is 7.10. The molecule has 0 atom stereocenters. The topological polar surface area (TPSA) is 40.9 Å². The summed E-state index contributed by atoms with van der Waals surface area (Å²) in [4.78, 5) is 6.90. The third-order valence-electron chi connectivity index (χ3n) is 5.51. The van der Waals surface area contributed by atoms with E-state index in [4.69, 9.17) is 0 Å². The first-order valence-corrected chi connectivity index (χ1v) is 11.7. The van der Waals surface area contributed by atoms with E-state index in [1.807, 2.05) is 25.1 Å². The molecule has 153 valence electrons. The summed E-state index contributed by atoms with van der Waals surface area (Å²) in [6.45, 7) is 1.97. The molecule has 0 saturated heterocycles. The zero-order chi connectivity index (χ0) is 19.5. The average molecular weight is 459 g/mol. The average Bonchev–Trinajstić information content (AvgIpc) is 2.76. The molecule has 4 nitrogen and oxygen atoms in total. The van der Waals surface area contributed by atoms with Crippen molar-refractivity contribution < 1.29 is 15.1 Å². The van der Waals surface area contributed by atoms with Crippen LogP contribution in [0.3, 0.4) is 0 Å². The number of nitrogens with zero attached hydrogens (tertiary/aromatic N) is 4. The molecule has 2 fully saturated rings. The van der Waals surface area contributed by atoms with Gasteiger partial charge in [0.1, 0.15) is 0 Å². The molecule has 2 aliphatic carbocycles. The van der Waals surface area contributed by atoms with Gasteiger partial charge in [0.2, 0.25) is 0 Å². The molecule has 0 aliphatic heterocycles. The van der Waals surface area contributed by atoms with Crippen LogP contribution in [0.15, 0.2) is 34.6 Å². The predicted octanol–water partition coefficient (Wildman–Crippen LogP) is 4.83. The number of hydrogen-bond donors (Lipinski definition) is 0. The van der Waals surface area contributed by atoms with Crippen molar-refractivity contribution in [3.8, 4) is 0 Å². The summed E-state index contributed by atoms with van der Waals surface area (Å²) in [5, 5.41) is 9.91. The number of hydrogen-bond acceptors (Lipinski definition) is 3. The van der Waals surface area contributed by atoms with E-state index >= 15 is 0 Å². The van der Waals surface area contributed by atoms with Gasteiger partial charge in [-0.1, -0.05) is 49.7 Å². The summed E-state index contributed by atoms with van der Waals surface area (Å²) in [5.41, 5.74) is 1.73. The first kappa shape index (κ1) is 22.7. The van der Waals surface area contributed by atoms with Crippen LogP contribution in [0.4, 0.5) is 0 Å². The van der Waals surface area contributed by atoms with Crippen LogP contribution in [-0.4, -0.2) is 32.8 Å². The Morgan fingerprint density at radius 3 is 2.04 bits per heavy atom. The Kier molecular flexibility index (Phi) is 10.8. The van der Waals surface area contributed by atoms with Crippen LogP contribution in [0.25, 0.3) is 0 Å². The molecular formula is C20H31ClCuN4S+2. The van der Waals surface area contributed by atoms with Gasteiger partial charge in [-0.3, -0.25) is 4.98 Å². The van der Waals surface area contributed by atoms with Gasteiger partial charge in [-0.05, 0) is 44.7 Å². The summed E-state index contributed by atoms with van der Waals surface area (Å²) in [6.07, 6.45) is 15.0. The second kappa shape index (κ2) is 12.8. The van der Waals surface area contributed by atoms with E-state index in [-0.39, 0.29) is 0 Å². The van der Waals surface area contributed by atoms with Gasteiger partial charge < -0.3 is 4.90 Å². The number of pyridine rings is 1. The zero-order valence-corrected chi connectivity index (χ0v) is 18.7. The summed E-state index contributed by atoms with van der Waals surface area (Å²) >= 11 is 7.48. The van der Waals surface area contributed by atoms with Crippen molar-refractivity contribution >= 4 is 33.6 Å². The molecule has 1 aromatic heterocycles. The Balaban J connectivity index is 0.00000126. The van der Waals surface area contributed by atoms with Gasteiger partial charge in [0, 0.05) is 30.9 Å². The molecule has 3 rings (SSSR count). The first-order valence-electron chi connectivity index (χ1n) is 9.90. The number of halogens is 1.